The molecule has 0 aromatic carbocycles. The molecule has 1 nitrogen and oxygen atoms in total. The van der Waals surface area contributed by atoms with Gasteiger partial charge in [-0.1, -0.05) is 32.8 Å². The van der Waals surface area contributed by atoms with Crippen molar-refractivity contribution in [3.63, 3.8) is 0 Å². The Morgan fingerprint density at radius 3 is 2.00 bits per heavy atom. The number of rotatable bonds is 4. The zero-order valence-electron chi connectivity index (χ0n) is 7.39. The monoisotopic (exact) mass is 152 g/mol. The number of ketones is 1. The smallest absolute Gasteiger partial charge is 0.165 e. The topological polar surface area (TPSA) is 17.1 Å². The fraction of sp³-hybridized carbons (Fsp3) is 0.700. The van der Waals surface area contributed by atoms with E-state index in [0.29, 0.717) is 5.78 Å². The van der Waals surface area contributed by atoms with Crippen LogP contribution in [0, 0.1) is 5.41 Å². The van der Waals surface area contributed by atoms with E-state index in [0.717, 1.165) is 25.7 Å². The molecule has 0 N–H and O–H groups in total. The summed E-state index contributed by atoms with van der Waals surface area (Å²) in [7, 11) is 0. The van der Waals surface area contributed by atoms with Crippen LogP contribution in [0.1, 0.15) is 39.5 Å². The summed E-state index contributed by atoms with van der Waals surface area (Å²) in [5, 5.41) is 0. The Morgan fingerprint density at radius 2 is 1.82 bits per heavy atom. The minimum atomic E-state index is -0.0382. The van der Waals surface area contributed by atoms with Crippen LogP contribution in [0.4, 0.5) is 0 Å². The largest absolute Gasteiger partial charge is 0.294 e. The maximum atomic E-state index is 11.2. The van der Waals surface area contributed by atoms with E-state index in [2.05, 4.69) is 19.9 Å². The summed E-state index contributed by atoms with van der Waals surface area (Å²) in [5.74, 6) is 0.348. The Morgan fingerprint density at radius 1 is 1.27 bits per heavy atom. The first-order valence-corrected chi connectivity index (χ1v) is 4.49. The van der Waals surface area contributed by atoms with Crippen LogP contribution >= 0.6 is 0 Å². The van der Waals surface area contributed by atoms with Gasteiger partial charge in [0, 0.05) is 0 Å². The quantitative estimate of drug-likeness (QED) is 0.605. The van der Waals surface area contributed by atoms with Crippen LogP contribution in [0.2, 0.25) is 0 Å². The summed E-state index contributed by atoms with van der Waals surface area (Å²) >= 11 is 0. The van der Waals surface area contributed by atoms with Crippen molar-refractivity contribution in [2.75, 3.05) is 0 Å². The van der Waals surface area contributed by atoms with Gasteiger partial charge in [0.05, 0.1) is 5.41 Å². The molecular formula is C10H16O. The van der Waals surface area contributed by atoms with E-state index in [9.17, 15) is 4.79 Å². The van der Waals surface area contributed by atoms with E-state index in [1.807, 2.05) is 0 Å². The third-order valence-corrected chi connectivity index (χ3v) is 2.44. The van der Waals surface area contributed by atoms with E-state index in [-0.39, 0.29) is 5.41 Å². The second-order valence-corrected chi connectivity index (χ2v) is 3.35. The lowest BCUT2D eigenvalue weighted by Gasteiger charge is -2.33. The fourth-order valence-electron chi connectivity index (χ4n) is 1.82. The van der Waals surface area contributed by atoms with Gasteiger partial charge in [0.25, 0.3) is 0 Å². The van der Waals surface area contributed by atoms with Gasteiger partial charge in [0.1, 0.15) is 0 Å². The van der Waals surface area contributed by atoms with Gasteiger partial charge in [-0.3, -0.25) is 4.79 Å². The molecule has 1 aliphatic carbocycles. The SMILES string of the molecule is CCCC1(CCC)C=CC1=O. The van der Waals surface area contributed by atoms with Crippen molar-refractivity contribution in [1.82, 2.24) is 0 Å². The van der Waals surface area contributed by atoms with Crippen molar-refractivity contribution in [1.29, 1.82) is 0 Å². The lowest BCUT2D eigenvalue weighted by Crippen LogP contribution is -2.34. The minimum Gasteiger partial charge on any atom is -0.294 e. The number of hydrogen-bond acceptors (Lipinski definition) is 1. The van der Waals surface area contributed by atoms with Crippen LogP contribution in [-0.2, 0) is 4.79 Å². The summed E-state index contributed by atoms with van der Waals surface area (Å²) in [6, 6.07) is 0. The molecule has 0 aromatic rings. The molecule has 11 heavy (non-hydrogen) atoms. The predicted molar refractivity (Wildman–Crippen MR) is 46.4 cm³/mol. The molecule has 0 atom stereocenters. The van der Waals surface area contributed by atoms with E-state index in [1.54, 1.807) is 6.08 Å². The van der Waals surface area contributed by atoms with Gasteiger partial charge >= 0.3 is 0 Å². The predicted octanol–water partition coefficient (Wildman–Crippen LogP) is 2.71. The minimum absolute atomic E-state index is 0.0382. The second-order valence-electron chi connectivity index (χ2n) is 3.35. The number of hydrogen-bond donors (Lipinski definition) is 0. The zero-order valence-corrected chi connectivity index (χ0v) is 7.39. The molecule has 0 heterocycles. The van der Waals surface area contributed by atoms with Gasteiger partial charge in [-0.05, 0) is 18.9 Å². The first-order chi connectivity index (χ1) is 5.25. The highest BCUT2D eigenvalue weighted by Gasteiger charge is 2.37. The number of carbonyl (C=O) groups is 1. The van der Waals surface area contributed by atoms with Crippen molar-refractivity contribution in [3.05, 3.63) is 12.2 Å². The standard InChI is InChI=1S/C10H16O/c1-3-6-10(7-4-2)8-5-9(10)11/h5,8H,3-4,6-7H2,1-2H3. The Bertz CT molecular complexity index is 173. The first kappa shape index (κ1) is 8.51. The van der Waals surface area contributed by atoms with Crippen LogP contribution < -0.4 is 0 Å². The molecular weight excluding hydrogens is 136 g/mol. The maximum absolute atomic E-state index is 11.2. The molecule has 0 aromatic heterocycles. The van der Waals surface area contributed by atoms with Crippen LogP contribution in [0.25, 0.3) is 0 Å². The molecule has 0 aliphatic heterocycles. The molecule has 0 radical (unpaired) electrons. The molecule has 1 heteroatoms. The molecule has 0 saturated heterocycles. The summed E-state index contributed by atoms with van der Waals surface area (Å²) in [6.45, 7) is 4.27. The molecule has 1 aliphatic rings. The van der Waals surface area contributed by atoms with E-state index in [1.165, 1.54) is 0 Å². The van der Waals surface area contributed by atoms with Gasteiger partial charge < -0.3 is 0 Å². The molecule has 62 valence electrons. The van der Waals surface area contributed by atoms with E-state index in [4.69, 9.17) is 0 Å². The van der Waals surface area contributed by atoms with Crippen LogP contribution in [0.5, 0.6) is 0 Å². The average molecular weight is 152 g/mol. The molecule has 0 spiro atoms. The molecule has 0 fully saturated rings. The summed E-state index contributed by atoms with van der Waals surface area (Å²) in [4.78, 5) is 11.2. The van der Waals surface area contributed by atoms with Crippen LogP contribution in [0.3, 0.4) is 0 Å². The van der Waals surface area contributed by atoms with Gasteiger partial charge in [0.15, 0.2) is 5.78 Å². The van der Waals surface area contributed by atoms with E-state index >= 15 is 0 Å². The van der Waals surface area contributed by atoms with Crippen LogP contribution in [0.15, 0.2) is 12.2 Å². The normalized spacial score (nSPS) is 20.0. The highest BCUT2D eigenvalue weighted by Crippen LogP contribution is 2.38. The number of allylic oxidation sites excluding steroid dienone is 2. The molecule has 0 amide bonds. The Hall–Kier alpha value is -0.590. The lowest BCUT2D eigenvalue weighted by atomic mass is 9.69. The lowest BCUT2D eigenvalue weighted by molar-refractivity contribution is -0.124. The second kappa shape index (κ2) is 3.21. The van der Waals surface area contributed by atoms with Gasteiger partial charge in [-0.25, -0.2) is 0 Å². The summed E-state index contributed by atoms with van der Waals surface area (Å²) in [6.07, 6.45) is 8.09. The Kier molecular flexibility index (Phi) is 2.48. The summed E-state index contributed by atoms with van der Waals surface area (Å²) in [5.41, 5.74) is -0.0382. The highest BCUT2D eigenvalue weighted by atomic mass is 16.1. The molecule has 0 saturated carbocycles. The van der Waals surface area contributed by atoms with Crippen molar-refractivity contribution in [2.45, 2.75) is 39.5 Å². The molecule has 0 unspecified atom stereocenters. The van der Waals surface area contributed by atoms with E-state index < -0.39 is 0 Å². The Balaban J connectivity index is 2.59. The zero-order chi connectivity index (χ0) is 8.32. The van der Waals surface area contributed by atoms with Gasteiger partial charge in [-0.2, -0.15) is 0 Å². The third-order valence-electron chi connectivity index (χ3n) is 2.44. The Labute approximate surface area is 68.5 Å². The van der Waals surface area contributed by atoms with Crippen LogP contribution in [-0.4, -0.2) is 5.78 Å². The maximum Gasteiger partial charge on any atom is 0.165 e. The van der Waals surface area contributed by atoms with Gasteiger partial charge in [0.2, 0.25) is 0 Å². The third kappa shape index (κ3) is 1.37. The van der Waals surface area contributed by atoms with Crippen molar-refractivity contribution >= 4 is 5.78 Å². The van der Waals surface area contributed by atoms with Gasteiger partial charge in [-0.15, -0.1) is 0 Å². The molecule has 0 bridgehead atoms. The van der Waals surface area contributed by atoms with Crippen molar-refractivity contribution < 1.29 is 4.79 Å². The first-order valence-electron chi connectivity index (χ1n) is 4.49. The summed E-state index contributed by atoms with van der Waals surface area (Å²) < 4.78 is 0. The van der Waals surface area contributed by atoms with Crippen molar-refractivity contribution in [3.8, 4) is 0 Å². The fourth-order valence-corrected chi connectivity index (χ4v) is 1.82. The number of carbonyl (C=O) groups excluding carboxylic acids is 1. The molecule has 1 rings (SSSR count). The van der Waals surface area contributed by atoms with Crippen molar-refractivity contribution in [2.24, 2.45) is 5.41 Å². The highest BCUT2D eigenvalue weighted by molar-refractivity contribution is 6.02. The average Bonchev–Trinajstić information content (AvgIpc) is 2.01.